The smallest absolute Gasteiger partial charge is 0.293 e. The minimum atomic E-state index is -0.374. The van der Waals surface area contributed by atoms with Gasteiger partial charge in [-0.05, 0) is 12.1 Å². The van der Waals surface area contributed by atoms with E-state index in [1.807, 2.05) is 4.90 Å². The molecule has 0 bridgehead atoms. The second kappa shape index (κ2) is 4.27. The number of nitro benzene ring substituents is 1. The highest BCUT2D eigenvalue weighted by molar-refractivity contribution is 5.62. The second-order valence-corrected chi connectivity index (χ2v) is 3.27. The van der Waals surface area contributed by atoms with Gasteiger partial charge < -0.3 is 9.64 Å². The fourth-order valence-electron chi connectivity index (χ4n) is 1.63. The maximum absolute atomic E-state index is 10.8. The van der Waals surface area contributed by atoms with Crippen molar-refractivity contribution < 1.29 is 9.66 Å². The average Bonchev–Trinajstić information content (AvgIpc) is 2.30. The molecule has 1 aromatic rings. The molecule has 5 heteroatoms. The number of benzene rings is 1. The highest BCUT2D eigenvalue weighted by Gasteiger charge is 2.20. The van der Waals surface area contributed by atoms with Crippen molar-refractivity contribution in [3.63, 3.8) is 0 Å². The first-order chi connectivity index (χ1) is 7.29. The number of morpholine rings is 1. The summed E-state index contributed by atoms with van der Waals surface area (Å²) < 4.78 is 5.20. The molecule has 0 N–H and O–H groups in total. The van der Waals surface area contributed by atoms with Crippen LogP contribution in [0.2, 0.25) is 0 Å². The molecule has 1 fully saturated rings. The van der Waals surface area contributed by atoms with Crippen LogP contribution in [0.4, 0.5) is 11.4 Å². The Morgan fingerprint density at radius 3 is 2.87 bits per heavy atom. The monoisotopic (exact) mass is 207 g/mol. The van der Waals surface area contributed by atoms with Crippen molar-refractivity contribution in [3.8, 4) is 0 Å². The van der Waals surface area contributed by atoms with Gasteiger partial charge in [0.15, 0.2) is 0 Å². The summed E-state index contributed by atoms with van der Waals surface area (Å²) in [4.78, 5) is 12.4. The quantitative estimate of drug-likeness (QED) is 0.540. The summed E-state index contributed by atoms with van der Waals surface area (Å²) >= 11 is 0. The Bertz CT molecular complexity index is 361. The Morgan fingerprint density at radius 1 is 1.47 bits per heavy atom. The van der Waals surface area contributed by atoms with E-state index in [0.29, 0.717) is 32.0 Å². The Hall–Kier alpha value is -1.62. The van der Waals surface area contributed by atoms with Gasteiger partial charge in [-0.1, -0.05) is 6.07 Å². The third kappa shape index (κ3) is 2.07. The lowest BCUT2D eigenvalue weighted by molar-refractivity contribution is -0.384. The van der Waals surface area contributed by atoms with Crippen molar-refractivity contribution in [3.05, 3.63) is 34.4 Å². The number of ether oxygens (including phenoxy) is 1. The minimum Gasteiger partial charge on any atom is -0.378 e. The molecule has 1 saturated heterocycles. The van der Waals surface area contributed by atoms with Gasteiger partial charge in [-0.15, -0.1) is 0 Å². The molecule has 1 radical (unpaired) electrons. The molecule has 0 amide bonds. The zero-order valence-corrected chi connectivity index (χ0v) is 8.18. The van der Waals surface area contributed by atoms with E-state index in [9.17, 15) is 10.1 Å². The molecule has 79 valence electrons. The topological polar surface area (TPSA) is 55.6 Å². The van der Waals surface area contributed by atoms with Gasteiger partial charge in [0.1, 0.15) is 5.69 Å². The van der Waals surface area contributed by atoms with E-state index >= 15 is 0 Å². The summed E-state index contributed by atoms with van der Waals surface area (Å²) in [5.74, 6) is 0. The number of hydrogen-bond acceptors (Lipinski definition) is 4. The van der Waals surface area contributed by atoms with Gasteiger partial charge in [0.2, 0.25) is 0 Å². The van der Waals surface area contributed by atoms with Crippen LogP contribution in [0.15, 0.2) is 18.2 Å². The number of hydrogen-bond donors (Lipinski definition) is 0. The van der Waals surface area contributed by atoms with Gasteiger partial charge >= 0.3 is 0 Å². The molecule has 0 spiro atoms. The van der Waals surface area contributed by atoms with Crippen LogP contribution in [0.1, 0.15) is 0 Å². The summed E-state index contributed by atoms with van der Waals surface area (Å²) in [5, 5.41) is 10.8. The highest BCUT2D eigenvalue weighted by atomic mass is 16.6. The standard InChI is InChI=1S/C10H11N2O3/c13-12(14)10-4-2-1-3-9(10)11-5-7-15-8-6-11/h1,3-4H,5-8H2. The van der Waals surface area contributed by atoms with Crippen molar-refractivity contribution in [2.75, 3.05) is 31.2 Å². The van der Waals surface area contributed by atoms with E-state index in [0.717, 1.165) is 0 Å². The molecule has 0 atom stereocenters. The van der Waals surface area contributed by atoms with Crippen molar-refractivity contribution in [2.45, 2.75) is 0 Å². The largest absolute Gasteiger partial charge is 0.378 e. The molecule has 1 aromatic carbocycles. The van der Waals surface area contributed by atoms with Crippen LogP contribution in [0.5, 0.6) is 0 Å². The summed E-state index contributed by atoms with van der Waals surface area (Å²) in [6.45, 7) is 2.64. The molecule has 0 aromatic heterocycles. The predicted molar refractivity (Wildman–Crippen MR) is 55.0 cm³/mol. The normalized spacial score (nSPS) is 16.4. The van der Waals surface area contributed by atoms with Crippen molar-refractivity contribution in [1.29, 1.82) is 0 Å². The fourth-order valence-corrected chi connectivity index (χ4v) is 1.63. The summed E-state index contributed by atoms with van der Waals surface area (Å²) in [5.41, 5.74) is 0.765. The molecule has 1 aliphatic heterocycles. The molecular weight excluding hydrogens is 196 g/mol. The van der Waals surface area contributed by atoms with Crippen LogP contribution >= 0.6 is 0 Å². The minimum absolute atomic E-state index is 0.111. The molecule has 0 unspecified atom stereocenters. The van der Waals surface area contributed by atoms with E-state index in [1.54, 1.807) is 12.1 Å². The average molecular weight is 207 g/mol. The Morgan fingerprint density at radius 2 is 2.20 bits per heavy atom. The van der Waals surface area contributed by atoms with Crippen LogP contribution < -0.4 is 4.90 Å². The maximum Gasteiger partial charge on any atom is 0.293 e. The molecule has 0 saturated carbocycles. The lowest BCUT2D eigenvalue weighted by Gasteiger charge is -2.28. The third-order valence-corrected chi connectivity index (χ3v) is 2.37. The highest BCUT2D eigenvalue weighted by Crippen LogP contribution is 2.27. The molecule has 1 heterocycles. The Balaban J connectivity index is 2.29. The van der Waals surface area contributed by atoms with E-state index < -0.39 is 0 Å². The lowest BCUT2D eigenvalue weighted by Crippen LogP contribution is -2.36. The van der Waals surface area contributed by atoms with Crippen molar-refractivity contribution in [1.82, 2.24) is 0 Å². The molecule has 5 nitrogen and oxygen atoms in total. The number of anilines is 1. The molecular formula is C10H11N2O3. The number of nitro groups is 1. The van der Waals surface area contributed by atoms with Gasteiger partial charge in [-0.3, -0.25) is 10.1 Å². The van der Waals surface area contributed by atoms with Crippen LogP contribution in [0.3, 0.4) is 0 Å². The van der Waals surface area contributed by atoms with Crippen molar-refractivity contribution >= 4 is 11.4 Å². The zero-order valence-electron chi connectivity index (χ0n) is 8.18. The first kappa shape index (κ1) is 9.92. The van der Waals surface area contributed by atoms with E-state index in [-0.39, 0.29) is 10.6 Å². The van der Waals surface area contributed by atoms with Crippen molar-refractivity contribution in [2.24, 2.45) is 0 Å². The van der Waals surface area contributed by atoms with Gasteiger partial charge in [0.25, 0.3) is 5.69 Å². The number of rotatable bonds is 2. The molecule has 0 aliphatic carbocycles. The van der Waals surface area contributed by atoms with Crippen LogP contribution in [0.25, 0.3) is 0 Å². The van der Waals surface area contributed by atoms with Crippen LogP contribution in [-0.2, 0) is 4.74 Å². The summed E-state index contributed by atoms with van der Waals surface area (Å²) in [7, 11) is 0. The summed E-state index contributed by atoms with van der Waals surface area (Å²) in [6.07, 6.45) is 0. The third-order valence-electron chi connectivity index (χ3n) is 2.37. The van der Waals surface area contributed by atoms with Crippen LogP contribution in [0, 0.1) is 16.2 Å². The first-order valence-electron chi connectivity index (χ1n) is 4.76. The van der Waals surface area contributed by atoms with E-state index in [1.165, 1.54) is 6.07 Å². The first-order valence-corrected chi connectivity index (χ1v) is 4.76. The lowest BCUT2D eigenvalue weighted by atomic mass is 10.2. The van der Waals surface area contributed by atoms with Gasteiger partial charge in [-0.25, -0.2) is 0 Å². The maximum atomic E-state index is 10.8. The molecule has 15 heavy (non-hydrogen) atoms. The van der Waals surface area contributed by atoms with E-state index in [4.69, 9.17) is 4.74 Å². The SMILES string of the molecule is O=[N+]([O-])c1c[c]ccc1N1CCOCC1. The predicted octanol–water partition coefficient (Wildman–Crippen LogP) is 1.23. The van der Waals surface area contributed by atoms with Gasteiger partial charge in [-0.2, -0.15) is 0 Å². The molecule has 2 rings (SSSR count). The second-order valence-electron chi connectivity index (χ2n) is 3.27. The van der Waals surface area contributed by atoms with Crippen LogP contribution in [-0.4, -0.2) is 31.2 Å². The molecule has 1 aliphatic rings. The number of nitrogens with zero attached hydrogens (tertiary/aromatic N) is 2. The Kier molecular flexibility index (Phi) is 2.82. The summed E-state index contributed by atoms with van der Waals surface area (Å²) in [6, 6.07) is 7.55. The zero-order chi connectivity index (χ0) is 10.7. The fraction of sp³-hybridized carbons (Fsp3) is 0.400. The van der Waals surface area contributed by atoms with Gasteiger partial charge in [0, 0.05) is 19.2 Å². The van der Waals surface area contributed by atoms with Gasteiger partial charge in [0.05, 0.1) is 18.1 Å². The van der Waals surface area contributed by atoms with E-state index in [2.05, 4.69) is 6.07 Å². The Labute approximate surface area is 87.4 Å².